The van der Waals surface area contributed by atoms with Crippen molar-refractivity contribution in [3.63, 3.8) is 0 Å². The molecule has 0 aromatic heterocycles. The van der Waals surface area contributed by atoms with Gasteiger partial charge in [-0.15, -0.1) is 0 Å². The van der Waals surface area contributed by atoms with Crippen molar-refractivity contribution in [2.45, 2.75) is 20.3 Å². The minimum atomic E-state index is -0.754. The van der Waals surface area contributed by atoms with Gasteiger partial charge in [0.05, 0.1) is 12.1 Å². The monoisotopic (exact) mass is 299 g/mol. The second-order valence-corrected chi connectivity index (χ2v) is 5.90. The molecule has 0 saturated heterocycles. The summed E-state index contributed by atoms with van der Waals surface area (Å²) < 4.78 is 1.02. The quantitative estimate of drug-likeness (QED) is 0.906. The van der Waals surface area contributed by atoms with E-state index in [0.717, 1.165) is 10.2 Å². The lowest BCUT2D eigenvalue weighted by Gasteiger charge is -2.31. The van der Waals surface area contributed by atoms with Gasteiger partial charge >= 0.3 is 5.97 Å². The molecule has 4 heteroatoms. The standard InChI is InChI=1S/C13H18BrNO2/c1-13(2,8-12(16)17)9-15(3)11-7-5-4-6-10(11)14/h4-7H,8-9H2,1-3H3,(H,16,17). The lowest BCUT2D eigenvalue weighted by atomic mass is 9.89. The van der Waals surface area contributed by atoms with Crippen molar-refractivity contribution >= 4 is 27.6 Å². The van der Waals surface area contributed by atoms with E-state index in [2.05, 4.69) is 20.8 Å². The van der Waals surface area contributed by atoms with Gasteiger partial charge in [-0.3, -0.25) is 4.79 Å². The first kappa shape index (κ1) is 14.0. The van der Waals surface area contributed by atoms with Crippen LogP contribution in [0.1, 0.15) is 20.3 Å². The van der Waals surface area contributed by atoms with Crippen LogP contribution in [0.25, 0.3) is 0 Å². The molecule has 1 N–H and O–H groups in total. The van der Waals surface area contributed by atoms with E-state index in [0.29, 0.717) is 6.54 Å². The molecule has 1 rings (SSSR count). The molecule has 0 unspecified atom stereocenters. The lowest BCUT2D eigenvalue weighted by Crippen LogP contribution is -2.33. The molecule has 0 aliphatic heterocycles. The maximum atomic E-state index is 10.8. The number of carboxylic acid groups (broad SMARTS) is 1. The van der Waals surface area contributed by atoms with Crippen LogP contribution in [0.5, 0.6) is 0 Å². The number of para-hydroxylation sites is 1. The number of carboxylic acids is 1. The van der Waals surface area contributed by atoms with E-state index in [1.807, 2.05) is 45.2 Å². The fourth-order valence-electron chi connectivity index (χ4n) is 1.95. The van der Waals surface area contributed by atoms with Crippen molar-refractivity contribution in [2.24, 2.45) is 5.41 Å². The maximum Gasteiger partial charge on any atom is 0.303 e. The number of halogens is 1. The Kier molecular flexibility index (Phi) is 4.57. The summed E-state index contributed by atoms with van der Waals surface area (Å²) in [4.78, 5) is 12.8. The molecular weight excluding hydrogens is 282 g/mol. The fraction of sp³-hybridized carbons (Fsp3) is 0.462. The number of anilines is 1. The summed E-state index contributed by atoms with van der Waals surface area (Å²) in [7, 11) is 1.98. The van der Waals surface area contributed by atoms with Gasteiger partial charge in [0.15, 0.2) is 0 Å². The SMILES string of the molecule is CN(CC(C)(C)CC(=O)O)c1ccccc1Br. The van der Waals surface area contributed by atoms with Crippen LogP contribution < -0.4 is 4.90 Å². The number of carbonyl (C=O) groups is 1. The number of nitrogens with zero attached hydrogens (tertiary/aromatic N) is 1. The Morgan fingerprint density at radius 2 is 2.00 bits per heavy atom. The Morgan fingerprint density at radius 3 is 2.53 bits per heavy atom. The molecule has 0 atom stereocenters. The Morgan fingerprint density at radius 1 is 1.41 bits per heavy atom. The summed E-state index contributed by atoms with van der Waals surface area (Å²) in [5, 5.41) is 8.86. The van der Waals surface area contributed by atoms with Crippen molar-refractivity contribution in [3.05, 3.63) is 28.7 Å². The van der Waals surface area contributed by atoms with Crippen LogP contribution in [0, 0.1) is 5.41 Å². The van der Waals surface area contributed by atoms with Gasteiger partial charge in [-0.25, -0.2) is 0 Å². The van der Waals surface area contributed by atoms with Crippen LogP contribution in [-0.4, -0.2) is 24.7 Å². The number of rotatable bonds is 5. The molecule has 0 fully saturated rings. The molecule has 1 aromatic rings. The van der Waals surface area contributed by atoms with Crippen molar-refractivity contribution in [3.8, 4) is 0 Å². The summed E-state index contributed by atoms with van der Waals surface area (Å²) in [6, 6.07) is 7.93. The van der Waals surface area contributed by atoms with Crippen LogP contribution in [0.4, 0.5) is 5.69 Å². The van der Waals surface area contributed by atoms with Crippen LogP contribution in [0.3, 0.4) is 0 Å². The van der Waals surface area contributed by atoms with Gasteiger partial charge in [0.1, 0.15) is 0 Å². The third-order valence-electron chi connectivity index (χ3n) is 2.56. The highest BCUT2D eigenvalue weighted by Gasteiger charge is 2.24. The molecule has 0 bridgehead atoms. The Bertz CT molecular complexity index is 404. The van der Waals surface area contributed by atoms with Crippen LogP contribution >= 0.6 is 15.9 Å². The summed E-state index contributed by atoms with van der Waals surface area (Å²) in [5.74, 6) is -0.754. The van der Waals surface area contributed by atoms with Gasteiger partial charge in [-0.1, -0.05) is 26.0 Å². The van der Waals surface area contributed by atoms with E-state index in [4.69, 9.17) is 5.11 Å². The van der Waals surface area contributed by atoms with Crippen LogP contribution in [0.2, 0.25) is 0 Å². The first-order valence-corrected chi connectivity index (χ1v) is 6.28. The largest absolute Gasteiger partial charge is 0.481 e. The Balaban J connectivity index is 2.75. The third kappa shape index (κ3) is 4.38. The van der Waals surface area contributed by atoms with E-state index in [9.17, 15) is 4.79 Å². The van der Waals surface area contributed by atoms with E-state index < -0.39 is 5.97 Å². The molecule has 0 heterocycles. The fourth-order valence-corrected chi connectivity index (χ4v) is 2.54. The predicted molar refractivity (Wildman–Crippen MR) is 73.4 cm³/mol. The molecule has 1 aromatic carbocycles. The van der Waals surface area contributed by atoms with Gasteiger partial charge < -0.3 is 10.0 Å². The average molecular weight is 300 g/mol. The second-order valence-electron chi connectivity index (χ2n) is 5.04. The lowest BCUT2D eigenvalue weighted by molar-refractivity contribution is -0.139. The van der Waals surface area contributed by atoms with Crippen molar-refractivity contribution in [1.29, 1.82) is 0 Å². The highest BCUT2D eigenvalue weighted by molar-refractivity contribution is 9.10. The molecule has 0 amide bonds. The number of hydrogen-bond donors (Lipinski definition) is 1. The molecule has 0 saturated carbocycles. The Labute approximate surface area is 111 Å². The van der Waals surface area contributed by atoms with Crippen molar-refractivity contribution in [1.82, 2.24) is 0 Å². The zero-order chi connectivity index (χ0) is 13.1. The Hall–Kier alpha value is -1.03. The van der Waals surface area contributed by atoms with Gasteiger partial charge in [0, 0.05) is 18.1 Å². The molecular formula is C13H18BrNO2. The van der Waals surface area contributed by atoms with E-state index in [-0.39, 0.29) is 11.8 Å². The molecule has 0 aliphatic carbocycles. The highest BCUT2D eigenvalue weighted by atomic mass is 79.9. The number of aliphatic carboxylic acids is 1. The average Bonchev–Trinajstić information content (AvgIpc) is 2.14. The van der Waals surface area contributed by atoms with Crippen LogP contribution in [-0.2, 0) is 4.79 Å². The zero-order valence-electron chi connectivity index (χ0n) is 10.4. The molecule has 0 aliphatic rings. The van der Waals surface area contributed by atoms with Gasteiger partial charge in [0.25, 0.3) is 0 Å². The number of benzene rings is 1. The summed E-state index contributed by atoms with van der Waals surface area (Å²) in [6.07, 6.45) is 0.168. The second kappa shape index (κ2) is 5.54. The van der Waals surface area contributed by atoms with Gasteiger partial charge in [-0.05, 0) is 33.5 Å². The summed E-state index contributed by atoms with van der Waals surface area (Å²) in [6.45, 7) is 4.63. The molecule has 3 nitrogen and oxygen atoms in total. The first-order chi connectivity index (χ1) is 7.82. The zero-order valence-corrected chi connectivity index (χ0v) is 12.0. The van der Waals surface area contributed by atoms with Gasteiger partial charge in [-0.2, -0.15) is 0 Å². The third-order valence-corrected chi connectivity index (χ3v) is 3.23. The van der Waals surface area contributed by atoms with Crippen LogP contribution in [0.15, 0.2) is 28.7 Å². The first-order valence-electron chi connectivity index (χ1n) is 5.49. The predicted octanol–water partition coefficient (Wildman–Crippen LogP) is 3.39. The highest BCUT2D eigenvalue weighted by Crippen LogP contribution is 2.29. The van der Waals surface area contributed by atoms with E-state index >= 15 is 0 Å². The minimum absolute atomic E-state index is 0.168. The van der Waals surface area contributed by atoms with Crippen molar-refractivity contribution < 1.29 is 9.90 Å². The normalized spacial score (nSPS) is 11.3. The topological polar surface area (TPSA) is 40.5 Å². The molecule has 94 valence electrons. The summed E-state index contributed by atoms with van der Waals surface area (Å²) in [5.41, 5.74) is 0.821. The number of hydrogen-bond acceptors (Lipinski definition) is 2. The maximum absolute atomic E-state index is 10.8. The van der Waals surface area contributed by atoms with Gasteiger partial charge in [0.2, 0.25) is 0 Å². The summed E-state index contributed by atoms with van der Waals surface area (Å²) >= 11 is 3.50. The molecule has 0 spiro atoms. The molecule has 17 heavy (non-hydrogen) atoms. The minimum Gasteiger partial charge on any atom is -0.481 e. The van der Waals surface area contributed by atoms with E-state index in [1.165, 1.54) is 0 Å². The van der Waals surface area contributed by atoms with Crippen molar-refractivity contribution in [2.75, 3.05) is 18.5 Å². The molecule has 0 radical (unpaired) electrons. The van der Waals surface area contributed by atoms with E-state index in [1.54, 1.807) is 0 Å². The smallest absolute Gasteiger partial charge is 0.303 e.